The molecule has 0 spiro atoms. The monoisotopic (exact) mass is 210 g/mol. The van der Waals surface area contributed by atoms with Gasteiger partial charge >= 0.3 is 6.18 Å². The number of hydrogen-bond acceptors (Lipinski definition) is 1. The SMILES string of the molecule is CC1CCC(C(O)CCC(F)(F)F)C1. The van der Waals surface area contributed by atoms with Crippen LogP contribution in [0.4, 0.5) is 13.2 Å². The lowest BCUT2D eigenvalue weighted by molar-refractivity contribution is -0.141. The minimum absolute atomic E-state index is 0.0901. The molecule has 1 N–H and O–H groups in total. The zero-order chi connectivity index (χ0) is 10.8. The number of aliphatic hydroxyl groups excluding tert-OH is 1. The zero-order valence-corrected chi connectivity index (χ0v) is 8.35. The molecule has 14 heavy (non-hydrogen) atoms. The lowest BCUT2D eigenvalue weighted by Gasteiger charge is -2.18. The Bertz CT molecular complexity index is 179. The summed E-state index contributed by atoms with van der Waals surface area (Å²) in [6, 6.07) is 0. The third-order valence-corrected chi connectivity index (χ3v) is 3.00. The second kappa shape index (κ2) is 4.51. The van der Waals surface area contributed by atoms with E-state index >= 15 is 0 Å². The van der Waals surface area contributed by atoms with E-state index in [1.165, 1.54) is 0 Å². The van der Waals surface area contributed by atoms with Crippen LogP contribution in [0, 0.1) is 11.8 Å². The molecule has 0 aliphatic heterocycles. The molecule has 1 nitrogen and oxygen atoms in total. The Morgan fingerprint density at radius 1 is 1.36 bits per heavy atom. The molecule has 0 aromatic heterocycles. The fourth-order valence-corrected chi connectivity index (χ4v) is 2.15. The van der Waals surface area contributed by atoms with E-state index in [-0.39, 0.29) is 12.3 Å². The van der Waals surface area contributed by atoms with Gasteiger partial charge in [0.15, 0.2) is 0 Å². The van der Waals surface area contributed by atoms with Crippen LogP contribution >= 0.6 is 0 Å². The van der Waals surface area contributed by atoms with Gasteiger partial charge in [-0.15, -0.1) is 0 Å². The minimum atomic E-state index is -4.13. The van der Waals surface area contributed by atoms with E-state index in [1.54, 1.807) is 0 Å². The van der Waals surface area contributed by atoms with Crippen LogP contribution in [0.25, 0.3) is 0 Å². The van der Waals surface area contributed by atoms with E-state index < -0.39 is 18.7 Å². The van der Waals surface area contributed by atoms with Crippen molar-refractivity contribution in [2.45, 2.75) is 51.3 Å². The Morgan fingerprint density at radius 3 is 2.43 bits per heavy atom. The van der Waals surface area contributed by atoms with Gasteiger partial charge in [-0.25, -0.2) is 0 Å². The maximum Gasteiger partial charge on any atom is 0.389 e. The Kier molecular flexibility index (Phi) is 3.81. The molecule has 0 aromatic carbocycles. The van der Waals surface area contributed by atoms with Crippen molar-refractivity contribution in [1.82, 2.24) is 0 Å². The van der Waals surface area contributed by atoms with Crippen LogP contribution in [0.2, 0.25) is 0 Å². The molecule has 0 heterocycles. The molecule has 0 saturated heterocycles. The number of rotatable bonds is 3. The average Bonchev–Trinajstić information content (AvgIpc) is 2.46. The van der Waals surface area contributed by atoms with Gasteiger partial charge in [0.1, 0.15) is 0 Å². The smallest absolute Gasteiger partial charge is 0.389 e. The molecule has 4 heteroatoms. The van der Waals surface area contributed by atoms with Crippen molar-refractivity contribution in [2.24, 2.45) is 11.8 Å². The van der Waals surface area contributed by atoms with Gasteiger partial charge in [0.2, 0.25) is 0 Å². The lowest BCUT2D eigenvalue weighted by atomic mass is 9.96. The predicted octanol–water partition coefficient (Wildman–Crippen LogP) is 3.13. The number of halogens is 3. The first kappa shape index (κ1) is 11.8. The highest BCUT2D eigenvalue weighted by Crippen LogP contribution is 2.35. The van der Waals surface area contributed by atoms with Gasteiger partial charge in [-0.05, 0) is 31.1 Å². The van der Waals surface area contributed by atoms with Crippen LogP contribution in [0.1, 0.15) is 39.0 Å². The Hall–Kier alpha value is -0.250. The van der Waals surface area contributed by atoms with Gasteiger partial charge < -0.3 is 5.11 Å². The number of alkyl halides is 3. The second-order valence-electron chi connectivity index (χ2n) is 4.40. The minimum Gasteiger partial charge on any atom is -0.393 e. The van der Waals surface area contributed by atoms with Crippen molar-refractivity contribution >= 4 is 0 Å². The van der Waals surface area contributed by atoms with Crippen LogP contribution < -0.4 is 0 Å². The van der Waals surface area contributed by atoms with Crippen LogP contribution in [0.5, 0.6) is 0 Å². The highest BCUT2D eigenvalue weighted by Gasteiger charge is 2.32. The summed E-state index contributed by atoms with van der Waals surface area (Å²) in [6.07, 6.45) is -3.11. The van der Waals surface area contributed by atoms with E-state index in [4.69, 9.17) is 0 Å². The van der Waals surface area contributed by atoms with Crippen LogP contribution in [-0.4, -0.2) is 17.4 Å². The molecule has 1 fully saturated rings. The first-order valence-electron chi connectivity index (χ1n) is 5.13. The van der Waals surface area contributed by atoms with Gasteiger partial charge in [0, 0.05) is 6.42 Å². The number of aliphatic hydroxyl groups is 1. The topological polar surface area (TPSA) is 20.2 Å². The van der Waals surface area contributed by atoms with Gasteiger partial charge in [-0.3, -0.25) is 0 Å². The third-order valence-electron chi connectivity index (χ3n) is 3.00. The summed E-state index contributed by atoms with van der Waals surface area (Å²) >= 11 is 0. The molecule has 0 aromatic rings. The molecular formula is C10H17F3O. The van der Waals surface area contributed by atoms with Crippen LogP contribution in [0.15, 0.2) is 0 Å². The van der Waals surface area contributed by atoms with Crippen LogP contribution in [0.3, 0.4) is 0 Å². The van der Waals surface area contributed by atoms with Gasteiger partial charge in [0.25, 0.3) is 0 Å². The van der Waals surface area contributed by atoms with E-state index in [9.17, 15) is 18.3 Å². The quantitative estimate of drug-likeness (QED) is 0.758. The largest absolute Gasteiger partial charge is 0.393 e. The molecular weight excluding hydrogens is 193 g/mol. The van der Waals surface area contributed by atoms with E-state index in [0.29, 0.717) is 5.92 Å². The maximum absolute atomic E-state index is 11.9. The standard InChI is InChI=1S/C10H17F3O/c1-7-2-3-8(6-7)9(14)4-5-10(11,12)13/h7-9,14H,2-6H2,1H3. The first-order chi connectivity index (χ1) is 6.38. The fraction of sp³-hybridized carbons (Fsp3) is 1.00. The summed E-state index contributed by atoms with van der Waals surface area (Å²) in [5.74, 6) is 0.646. The summed E-state index contributed by atoms with van der Waals surface area (Å²) in [4.78, 5) is 0. The number of hydrogen-bond donors (Lipinski definition) is 1. The molecule has 84 valence electrons. The van der Waals surface area contributed by atoms with Crippen molar-refractivity contribution in [1.29, 1.82) is 0 Å². The Morgan fingerprint density at radius 2 is 2.00 bits per heavy atom. The summed E-state index contributed by atoms with van der Waals surface area (Å²) in [5.41, 5.74) is 0. The molecule has 1 aliphatic rings. The van der Waals surface area contributed by atoms with Crippen molar-refractivity contribution in [2.75, 3.05) is 0 Å². The molecule has 0 amide bonds. The summed E-state index contributed by atoms with van der Waals surface area (Å²) in [5, 5.41) is 9.53. The molecule has 0 radical (unpaired) electrons. The van der Waals surface area contributed by atoms with E-state index in [1.807, 2.05) is 0 Å². The van der Waals surface area contributed by atoms with Crippen molar-refractivity contribution in [3.8, 4) is 0 Å². The van der Waals surface area contributed by atoms with Gasteiger partial charge in [-0.1, -0.05) is 13.3 Å². The average molecular weight is 210 g/mol. The highest BCUT2D eigenvalue weighted by molar-refractivity contribution is 4.78. The molecule has 3 atom stereocenters. The zero-order valence-electron chi connectivity index (χ0n) is 8.35. The Balaban J connectivity index is 2.25. The molecule has 1 saturated carbocycles. The molecule has 1 rings (SSSR count). The van der Waals surface area contributed by atoms with E-state index in [2.05, 4.69) is 6.92 Å². The first-order valence-corrected chi connectivity index (χ1v) is 5.13. The fourth-order valence-electron chi connectivity index (χ4n) is 2.15. The van der Waals surface area contributed by atoms with E-state index in [0.717, 1.165) is 19.3 Å². The molecule has 3 unspecified atom stereocenters. The van der Waals surface area contributed by atoms with Crippen molar-refractivity contribution in [3.05, 3.63) is 0 Å². The molecule has 0 bridgehead atoms. The Labute approximate surface area is 82.3 Å². The molecule has 1 aliphatic carbocycles. The summed E-state index contributed by atoms with van der Waals surface area (Å²) in [6.45, 7) is 2.08. The van der Waals surface area contributed by atoms with Crippen molar-refractivity contribution < 1.29 is 18.3 Å². The second-order valence-corrected chi connectivity index (χ2v) is 4.40. The van der Waals surface area contributed by atoms with Crippen LogP contribution in [-0.2, 0) is 0 Å². The maximum atomic E-state index is 11.9. The van der Waals surface area contributed by atoms with Crippen molar-refractivity contribution in [3.63, 3.8) is 0 Å². The summed E-state index contributed by atoms with van der Waals surface area (Å²) < 4.78 is 35.6. The third kappa shape index (κ3) is 3.86. The van der Waals surface area contributed by atoms with Gasteiger partial charge in [-0.2, -0.15) is 13.2 Å². The normalized spacial score (nSPS) is 30.6. The van der Waals surface area contributed by atoms with Gasteiger partial charge in [0.05, 0.1) is 6.10 Å². The highest BCUT2D eigenvalue weighted by atomic mass is 19.4. The predicted molar refractivity (Wildman–Crippen MR) is 47.8 cm³/mol. The summed E-state index contributed by atoms with van der Waals surface area (Å²) in [7, 11) is 0. The lowest BCUT2D eigenvalue weighted by Crippen LogP contribution is -2.21.